The van der Waals surface area contributed by atoms with Crippen molar-refractivity contribution in [2.75, 3.05) is 0 Å². The number of halogens is 1. The van der Waals surface area contributed by atoms with Crippen LogP contribution in [0.15, 0.2) is 52.7 Å². The van der Waals surface area contributed by atoms with E-state index in [9.17, 15) is 0 Å². The summed E-state index contributed by atoms with van der Waals surface area (Å²) in [5, 5.41) is 9.20. The lowest BCUT2D eigenvalue weighted by Gasteiger charge is -2.02. The average Bonchev–Trinajstić information content (AvgIpc) is 2.31. The summed E-state index contributed by atoms with van der Waals surface area (Å²) in [5.74, 6) is 0. The van der Waals surface area contributed by atoms with Gasteiger partial charge in [-0.3, -0.25) is 0 Å². The van der Waals surface area contributed by atoms with Gasteiger partial charge in [0.2, 0.25) is 0 Å². The fourth-order valence-electron chi connectivity index (χ4n) is 1.58. The Hall–Kier alpha value is -1.67. The van der Waals surface area contributed by atoms with Crippen molar-refractivity contribution in [2.45, 2.75) is 13.8 Å². The maximum absolute atomic E-state index is 5.81. The van der Waals surface area contributed by atoms with Crippen LogP contribution >= 0.6 is 11.6 Å². The van der Waals surface area contributed by atoms with Crippen LogP contribution in [0.3, 0.4) is 0 Å². The number of rotatable bonds is 2. The molecule has 0 aliphatic rings. The van der Waals surface area contributed by atoms with Crippen LogP contribution in [0, 0.1) is 13.8 Å². The topological polar surface area (TPSA) is 24.7 Å². The van der Waals surface area contributed by atoms with Crippen molar-refractivity contribution in [1.82, 2.24) is 0 Å². The van der Waals surface area contributed by atoms with Gasteiger partial charge in [0.15, 0.2) is 0 Å². The first-order chi connectivity index (χ1) is 8.16. The van der Waals surface area contributed by atoms with Crippen LogP contribution in [0.2, 0.25) is 5.02 Å². The summed E-state index contributed by atoms with van der Waals surface area (Å²) in [6.07, 6.45) is 0. The minimum atomic E-state index is 0.705. The predicted octanol–water partition coefficient (Wildman–Crippen LogP) is 5.37. The van der Waals surface area contributed by atoms with E-state index >= 15 is 0 Å². The fourth-order valence-corrected chi connectivity index (χ4v) is 1.70. The molecule has 0 N–H and O–H groups in total. The van der Waals surface area contributed by atoms with Crippen molar-refractivity contribution in [3.8, 4) is 0 Å². The Kier molecular flexibility index (Phi) is 3.55. The molecule has 86 valence electrons. The Morgan fingerprint density at radius 3 is 2.00 bits per heavy atom. The minimum Gasteiger partial charge on any atom is -0.151 e. The van der Waals surface area contributed by atoms with Gasteiger partial charge in [-0.25, -0.2) is 0 Å². The van der Waals surface area contributed by atoms with Crippen LogP contribution in [0.1, 0.15) is 11.1 Å². The van der Waals surface area contributed by atoms with E-state index in [0.717, 1.165) is 22.5 Å². The van der Waals surface area contributed by atoms with Gasteiger partial charge in [0, 0.05) is 5.02 Å². The molecule has 0 aliphatic carbocycles. The Balaban J connectivity index is 2.29. The third-order valence-corrected chi connectivity index (χ3v) is 2.78. The van der Waals surface area contributed by atoms with Gasteiger partial charge in [0.05, 0.1) is 11.4 Å². The molecule has 0 fully saturated rings. The smallest absolute Gasteiger partial charge is 0.0915 e. The van der Waals surface area contributed by atoms with E-state index in [2.05, 4.69) is 10.2 Å². The van der Waals surface area contributed by atoms with Gasteiger partial charge >= 0.3 is 0 Å². The van der Waals surface area contributed by atoms with Gasteiger partial charge in [0.25, 0.3) is 0 Å². The van der Waals surface area contributed by atoms with Gasteiger partial charge in [0.1, 0.15) is 0 Å². The van der Waals surface area contributed by atoms with E-state index in [1.54, 1.807) is 12.1 Å². The standard InChI is InChI=1S/C14H13ClN2/c1-10-4-3-5-11(2)14(10)17-16-13-8-6-12(15)7-9-13/h3-9H,1-2H3. The molecule has 2 aromatic carbocycles. The fraction of sp³-hybridized carbons (Fsp3) is 0.143. The second kappa shape index (κ2) is 5.11. The highest BCUT2D eigenvalue weighted by molar-refractivity contribution is 6.30. The molecule has 0 aromatic heterocycles. The van der Waals surface area contributed by atoms with Gasteiger partial charge in [-0.2, -0.15) is 10.2 Å². The molecular weight excluding hydrogens is 232 g/mol. The molecule has 0 bridgehead atoms. The maximum atomic E-state index is 5.81. The van der Waals surface area contributed by atoms with Crippen molar-refractivity contribution < 1.29 is 0 Å². The molecule has 0 atom stereocenters. The summed E-state index contributed by atoms with van der Waals surface area (Å²) in [5.41, 5.74) is 3.99. The summed E-state index contributed by atoms with van der Waals surface area (Å²) in [7, 11) is 0. The van der Waals surface area contributed by atoms with Crippen LogP contribution in [0.4, 0.5) is 11.4 Å². The van der Waals surface area contributed by atoms with Crippen LogP contribution in [0.25, 0.3) is 0 Å². The maximum Gasteiger partial charge on any atom is 0.0915 e. The molecule has 0 amide bonds. The normalized spacial score (nSPS) is 11.0. The number of hydrogen-bond acceptors (Lipinski definition) is 2. The number of hydrogen-bond donors (Lipinski definition) is 0. The van der Waals surface area contributed by atoms with Crippen LogP contribution in [-0.4, -0.2) is 0 Å². The molecule has 3 heteroatoms. The van der Waals surface area contributed by atoms with Gasteiger partial charge in [-0.1, -0.05) is 29.8 Å². The molecule has 0 radical (unpaired) electrons. The molecule has 2 rings (SSSR count). The van der Waals surface area contributed by atoms with E-state index in [0.29, 0.717) is 5.02 Å². The Labute approximate surface area is 106 Å². The third-order valence-electron chi connectivity index (χ3n) is 2.53. The zero-order chi connectivity index (χ0) is 12.3. The summed E-state index contributed by atoms with van der Waals surface area (Å²) < 4.78 is 0. The molecule has 0 saturated carbocycles. The van der Waals surface area contributed by atoms with Gasteiger partial charge < -0.3 is 0 Å². The quantitative estimate of drug-likeness (QED) is 0.635. The molecule has 2 nitrogen and oxygen atoms in total. The Morgan fingerprint density at radius 2 is 1.41 bits per heavy atom. The van der Waals surface area contributed by atoms with E-state index in [4.69, 9.17) is 11.6 Å². The first kappa shape index (κ1) is 11.8. The van der Waals surface area contributed by atoms with Crippen molar-refractivity contribution >= 4 is 23.0 Å². The van der Waals surface area contributed by atoms with E-state index in [1.807, 2.05) is 44.2 Å². The zero-order valence-electron chi connectivity index (χ0n) is 9.81. The lowest BCUT2D eigenvalue weighted by Crippen LogP contribution is -1.78. The second-order valence-electron chi connectivity index (χ2n) is 3.92. The minimum absolute atomic E-state index is 0.705. The van der Waals surface area contributed by atoms with E-state index in [1.165, 1.54) is 0 Å². The lowest BCUT2D eigenvalue weighted by atomic mass is 10.1. The average molecular weight is 245 g/mol. The Morgan fingerprint density at radius 1 is 0.824 bits per heavy atom. The van der Waals surface area contributed by atoms with Crippen LogP contribution in [-0.2, 0) is 0 Å². The van der Waals surface area contributed by atoms with E-state index in [-0.39, 0.29) is 0 Å². The summed E-state index contributed by atoms with van der Waals surface area (Å²) in [6.45, 7) is 4.06. The van der Waals surface area contributed by atoms with Crippen molar-refractivity contribution in [2.24, 2.45) is 10.2 Å². The SMILES string of the molecule is Cc1cccc(C)c1N=Nc1ccc(Cl)cc1. The number of azo groups is 1. The highest BCUT2D eigenvalue weighted by atomic mass is 35.5. The van der Waals surface area contributed by atoms with Crippen LogP contribution in [0.5, 0.6) is 0 Å². The van der Waals surface area contributed by atoms with Crippen molar-refractivity contribution in [3.05, 3.63) is 58.6 Å². The van der Waals surface area contributed by atoms with Gasteiger partial charge in [-0.05, 0) is 49.2 Å². The molecule has 0 heterocycles. The van der Waals surface area contributed by atoms with E-state index < -0.39 is 0 Å². The number of benzene rings is 2. The van der Waals surface area contributed by atoms with Crippen LogP contribution < -0.4 is 0 Å². The molecular formula is C14H13ClN2. The third kappa shape index (κ3) is 2.92. The zero-order valence-corrected chi connectivity index (χ0v) is 10.6. The summed E-state index contributed by atoms with van der Waals surface area (Å²) >= 11 is 5.81. The van der Waals surface area contributed by atoms with Crippen molar-refractivity contribution in [1.29, 1.82) is 0 Å². The first-order valence-corrected chi connectivity index (χ1v) is 5.78. The molecule has 0 spiro atoms. The Bertz CT molecular complexity index is 524. The van der Waals surface area contributed by atoms with Crippen molar-refractivity contribution in [3.63, 3.8) is 0 Å². The monoisotopic (exact) mass is 244 g/mol. The predicted molar refractivity (Wildman–Crippen MR) is 71.5 cm³/mol. The highest BCUT2D eigenvalue weighted by Crippen LogP contribution is 2.25. The largest absolute Gasteiger partial charge is 0.151 e. The molecule has 0 unspecified atom stereocenters. The molecule has 0 aliphatic heterocycles. The molecule has 17 heavy (non-hydrogen) atoms. The lowest BCUT2D eigenvalue weighted by molar-refractivity contribution is 1.19. The molecule has 0 saturated heterocycles. The summed E-state index contributed by atoms with van der Waals surface area (Å²) in [4.78, 5) is 0. The second-order valence-corrected chi connectivity index (χ2v) is 4.35. The number of nitrogens with zero attached hydrogens (tertiary/aromatic N) is 2. The molecule has 2 aromatic rings. The first-order valence-electron chi connectivity index (χ1n) is 5.40. The summed E-state index contributed by atoms with van der Waals surface area (Å²) in [6, 6.07) is 13.4. The number of aryl methyl sites for hydroxylation is 2. The highest BCUT2D eigenvalue weighted by Gasteiger charge is 1.99. The van der Waals surface area contributed by atoms with Gasteiger partial charge in [-0.15, -0.1) is 0 Å².